The largest absolute Gasteiger partial charge is 0.388 e. The highest BCUT2D eigenvalue weighted by atomic mass is 16.6. The van der Waals surface area contributed by atoms with Crippen LogP contribution in [0.4, 0.5) is 0 Å². The van der Waals surface area contributed by atoms with Gasteiger partial charge in [0.15, 0.2) is 6.29 Å². The number of rotatable bonds is 0. The van der Waals surface area contributed by atoms with Crippen molar-refractivity contribution in [3.63, 3.8) is 0 Å². The van der Waals surface area contributed by atoms with E-state index in [0.29, 0.717) is 0 Å². The van der Waals surface area contributed by atoms with E-state index in [0.717, 1.165) is 0 Å². The quantitative estimate of drug-likeness (QED) is 0.326. The minimum absolute atomic E-state index is 0.664. The van der Waals surface area contributed by atoms with Crippen LogP contribution in [-0.4, -0.2) is 51.1 Å². The maximum Gasteiger partial charge on any atom is 0.183 e. The third-order valence-corrected chi connectivity index (χ3v) is 1.83. The highest BCUT2D eigenvalue weighted by molar-refractivity contribution is 4.86. The zero-order valence-electron chi connectivity index (χ0n) is 6.08. The minimum Gasteiger partial charge on any atom is -0.388 e. The number of ether oxygens (including phenoxy) is 1. The second-order valence-electron chi connectivity index (χ2n) is 2.70. The Kier molecular flexibility index (Phi) is 2.46. The van der Waals surface area contributed by atoms with Crippen molar-refractivity contribution in [1.82, 2.24) is 0 Å². The van der Waals surface area contributed by atoms with Crippen LogP contribution in [0.15, 0.2) is 0 Å². The van der Waals surface area contributed by atoms with Gasteiger partial charge in [-0.1, -0.05) is 0 Å². The van der Waals surface area contributed by atoms with Gasteiger partial charge in [-0.15, -0.1) is 0 Å². The zero-order chi connectivity index (χ0) is 8.59. The van der Waals surface area contributed by atoms with Crippen LogP contribution in [0.3, 0.4) is 0 Å². The second kappa shape index (κ2) is 3.04. The Labute approximate surface area is 63.8 Å². The Hall–Kier alpha value is -0.200. The lowest BCUT2D eigenvalue weighted by molar-refractivity contribution is -0.277. The molecule has 1 heterocycles. The Morgan fingerprint density at radius 2 is 1.45 bits per heavy atom. The Morgan fingerprint density at radius 3 is 2.00 bits per heavy atom. The molecule has 0 unspecified atom stereocenters. The topological polar surface area (TPSA) is 90.2 Å². The van der Waals surface area contributed by atoms with Crippen molar-refractivity contribution in [2.45, 2.75) is 37.6 Å². The average Bonchev–Trinajstić information content (AvgIpc) is 1.97. The van der Waals surface area contributed by atoms with Crippen LogP contribution in [-0.2, 0) is 4.74 Å². The van der Waals surface area contributed by atoms with E-state index < -0.39 is 30.7 Å². The van der Waals surface area contributed by atoms with Crippen LogP contribution < -0.4 is 0 Å². The lowest BCUT2D eigenvalue weighted by Crippen LogP contribution is -2.56. The van der Waals surface area contributed by atoms with E-state index in [9.17, 15) is 0 Å². The summed E-state index contributed by atoms with van der Waals surface area (Å²) < 4.78 is 4.68. The SMILES string of the molecule is C[C@@H]1O[C@H](O)[C@H](O)[C@H](O)[C@@H]1O. The van der Waals surface area contributed by atoms with E-state index >= 15 is 0 Å². The van der Waals surface area contributed by atoms with Crippen molar-refractivity contribution in [2.75, 3.05) is 0 Å². The summed E-state index contributed by atoms with van der Waals surface area (Å²) in [7, 11) is 0. The lowest BCUT2D eigenvalue weighted by Gasteiger charge is -2.36. The van der Waals surface area contributed by atoms with E-state index in [2.05, 4.69) is 4.74 Å². The predicted octanol–water partition coefficient (Wildman–Crippen LogP) is -2.19. The summed E-state index contributed by atoms with van der Waals surface area (Å²) in [6.45, 7) is 1.50. The number of hydrogen-bond donors (Lipinski definition) is 4. The van der Waals surface area contributed by atoms with Crippen molar-refractivity contribution >= 4 is 0 Å². The van der Waals surface area contributed by atoms with E-state index in [1.54, 1.807) is 0 Å². The summed E-state index contributed by atoms with van der Waals surface area (Å²) in [4.78, 5) is 0. The molecule has 1 saturated heterocycles. The summed E-state index contributed by atoms with van der Waals surface area (Å²) in [5.41, 5.74) is 0. The molecule has 0 spiro atoms. The van der Waals surface area contributed by atoms with Crippen molar-refractivity contribution < 1.29 is 25.2 Å². The first-order chi connectivity index (χ1) is 5.04. The number of hydrogen-bond acceptors (Lipinski definition) is 5. The van der Waals surface area contributed by atoms with Gasteiger partial charge in [-0.05, 0) is 6.92 Å². The monoisotopic (exact) mass is 164 g/mol. The van der Waals surface area contributed by atoms with Crippen molar-refractivity contribution in [2.24, 2.45) is 0 Å². The summed E-state index contributed by atoms with van der Waals surface area (Å²) in [5.74, 6) is 0. The Balaban J connectivity index is 2.63. The van der Waals surface area contributed by atoms with Crippen LogP contribution in [0.2, 0.25) is 0 Å². The van der Waals surface area contributed by atoms with Gasteiger partial charge in [0.05, 0.1) is 6.10 Å². The molecule has 11 heavy (non-hydrogen) atoms. The van der Waals surface area contributed by atoms with Crippen molar-refractivity contribution in [1.29, 1.82) is 0 Å². The fourth-order valence-corrected chi connectivity index (χ4v) is 1.03. The van der Waals surface area contributed by atoms with E-state index in [4.69, 9.17) is 20.4 Å². The van der Waals surface area contributed by atoms with Crippen LogP contribution in [0.5, 0.6) is 0 Å². The first-order valence-electron chi connectivity index (χ1n) is 3.41. The molecular weight excluding hydrogens is 152 g/mol. The molecule has 0 saturated carbocycles. The fraction of sp³-hybridized carbons (Fsp3) is 1.00. The number of aliphatic hydroxyl groups is 4. The predicted molar refractivity (Wildman–Crippen MR) is 34.6 cm³/mol. The van der Waals surface area contributed by atoms with Gasteiger partial charge in [0.1, 0.15) is 18.3 Å². The third-order valence-electron chi connectivity index (χ3n) is 1.83. The molecule has 0 aromatic heterocycles. The normalized spacial score (nSPS) is 52.6. The van der Waals surface area contributed by atoms with Crippen molar-refractivity contribution in [3.8, 4) is 0 Å². The molecule has 1 fully saturated rings. The van der Waals surface area contributed by atoms with Crippen LogP contribution in [0.1, 0.15) is 6.92 Å². The summed E-state index contributed by atoms with van der Waals surface area (Å²) in [5, 5.41) is 36.0. The van der Waals surface area contributed by atoms with Gasteiger partial charge in [-0.2, -0.15) is 0 Å². The van der Waals surface area contributed by atoms with E-state index in [1.165, 1.54) is 6.92 Å². The summed E-state index contributed by atoms with van der Waals surface area (Å²) >= 11 is 0. The minimum atomic E-state index is -1.43. The van der Waals surface area contributed by atoms with Crippen LogP contribution >= 0.6 is 0 Å². The highest BCUT2D eigenvalue weighted by Crippen LogP contribution is 2.18. The van der Waals surface area contributed by atoms with Crippen molar-refractivity contribution in [3.05, 3.63) is 0 Å². The van der Waals surface area contributed by atoms with Gasteiger partial charge in [0.25, 0.3) is 0 Å². The maximum atomic E-state index is 9.09. The first kappa shape index (κ1) is 8.89. The third kappa shape index (κ3) is 1.52. The smallest absolute Gasteiger partial charge is 0.183 e. The highest BCUT2D eigenvalue weighted by Gasteiger charge is 2.40. The van der Waals surface area contributed by atoms with Gasteiger partial charge in [0, 0.05) is 0 Å². The molecule has 4 N–H and O–H groups in total. The maximum absolute atomic E-state index is 9.09. The molecule has 1 rings (SSSR count). The zero-order valence-corrected chi connectivity index (χ0v) is 6.08. The van der Waals surface area contributed by atoms with Gasteiger partial charge < -0.3 is 25.2 Å². The summed E-state index contributed by atoms with van der Waals surface area (Å²) in [6.07, 6.45) is -5.99. The van der Waals surface area contributed by atoms with Gasteiger partial charge in [-0.25, -0.2) is 0 Å². The van der Waals surface area contributed by atoms with Gasteiger partial charge in [0.2, 0.25) is 0 Å². The van der Waals surface area contributed by atoms with Crippen LogP contribution in [0, 0.1) is 0 Å². The second-order valence-corrected chi connectivity index (χ2v) is 2.70. The molecule has 66 valence electrons. The molecule has 5 atom stereocenters. The molecule has 1 aliphatic heterocycles. The Morgan fingerprint density at radius 1 is 0.909 bits per heavy atom. The molecule has 0 amide bonds. The molecule has 1 aliphatic rings. The average molecular weight is 164 g/mol. The molecule has 0 radical (unpaired) electrons. The first-order valence-corrected chi connectivity index (χ1v) is 3.41. The standard InChI is InChI=1S/C6H12O5/c1-2-3(7)4(8)5(9)6(10)11-2/h2-10H,1H3/t2-,3+,4+,5+,6-/m0/s1. The number of aliphatic hydroxyl groups excluding tert-OH is 4. The molecular formula is C6H12O5. The molecule has 0 bridgehead atoms. The molecule has 0 aliphatic carbocycles. The fourth-order valence-electron chi connectivity index (χ4n) is 1.03. The molecule has 5 nitrogen and oxygen atoms in total. The molecule has 0 aromatic rings. The van der Waals surface area contributed by atoms with Gasteiger partial charge >= 0.3 is 0 Å². The molecule has 0 aromatic carbocycles. The Bertz CT molecular complexity index is 125. The van der Waals surface area contributed by atoms with E-state index in [-0.39, 0.29) is 0 Å². The molecule has 5 heteroatoms. The van der Waals surface area contributed by atoms with E-state index in [1.807, 2.05) is 0 Å². The van der Waals surface area contributed by atoms with Crippen LogP contribution in [0.25, 0.3) is 0 Å². The summed E-state index contributed by atoms with van der Waals surface area (Å²) in [6, 6.07) is 0. The van der Waals surface area contributed by atoms with Gasteiger partial charge in [-0.3, -0.25) is 0 Å². The lowest BCUT2D eigenvalue weighted by atomic mass is 10.0.